The van der Waals surface area contributed by atoms with Gasteiger partial charge in [-0.1, -0.05) is 224 Å². The number of rotatable bonds is 9. The highest BCUT2D eigenvalue weighted by atomic mass is 15.1. The molecule has 0 fully saturated rings. The molecule has 0 saturated heterocycles. The smallest absolute Gasteiger partial charge is 0.0467 e. The van der Waals surface area contributed by atoms with Crippen LogP contribution in [0, 0.1) is 0 Å². The molecular formula is C62H43N. The highest BCUT2D eigenvalue weighted by molar-refractivity contribution is 6.01. The summed E-state index contributed by atoms with van der Waals surface area (Å²) in [5.74, 6) is 0. The van der Waals surface area contributed by atoms with Gasteiger partial charge in [-0.05, 0) is 125 Å². The topological polar surface area (TPSA) is 3.24 Å². The van der Waals surface area contributed by atoms with E-state index in [-0.39, 0.29) is 0 Å². The second-order valence-electron chi connectivity index (χ2n) is 16.0. The minimum atomic E-state index is 1.08. The fraction of sp³-hybridized carbons (Fsp3) is 0. The predicted molar refractivity (Wildman–Crippen MR) is 269 cm³/mol. The lowest BCUT2D eigenvalue weighted by Gasteiger charge is -2.27. The van der Waals surface area contributed by atoms with E-state index in [9.17, 15) is 0 Å². The van der Waals surface area contributed by atoms with E-state index in [2.05, 4.69) is 266 Å². The molecule has 0 bridgehead atoms. The summed E-state index contributed by atoms with van der Waals surface area (Å²) in [6, 6.07) is 94.7. The van der Waals surface area contributed by atoms with E-state index in [0.29, 0.717) is 0 Å². The predicted octanol–water partition coefficient (Wildman–Crippen LogP) is 17.5. The zero-order chi connectivity index (χ0) is 42.0. The van der Waals surface area contributed by atoms with Crippen LogP contribution in [-0.4, -0.2) is 0 Å². The molecule has 11 rings (SSSR count). The SMILES string of the molecule is c1ccc(-c2ccccc2-c2c(-c3ccccc3)cccc2-c2cccc(N(c3ccc(-c4cccc5ccccc45)cc3)c3cccc(-c4cccc5ccccc45)c3)c2)cc1. The van der Waals surface area contributed by atoms with Crippen molar-refractivity contribution in [2.24, 2.45) is 0 Å². The van der Waals surface area contributed by atoms with Crippen LogP contribution in [0.4, 0.5) is 17.1 Å². The van der Waals surface area contributed by atoms with Gasteiger partial charge in [-0.3, -0.25) is 0 Å². The average molecular weight is 802 g/mol. The lowest BCUT2D eigenvalue weighted by atomic mass is 9.84. The zero-order valence-corrected chi connectivity index (χ0v) is 34.8. The molecule has 0 saturated carbocycles. The van der Waals surface area contributed by atoms with Crippen molar-refractivity contribution < 1.29 is 0 Å². The van der Waals surface area contributed by atoms with Crippen molar-refractivity contribution >= 4 is 38.6 Å². The number of anilines is 3. The third-order valence-corrected chi connectivity index (χ3v) is 12.3. The Labute approximate surface area is 369 Å². The fourth-order valence-corrected chi connectivity index (χ4v) is 9.33. The Bertz CT molecular complexity index is 3370. The second-order valence-corrected chi connectivity index (χ2v) is 16.0. The number of fused-ring (bicyclic) bond motifs is 2. The summed E-state index contributed by atoms with van der Waals surface area (Å²) in [4.78, 5) is 2.41. The summed E-state index contributed by atoms with van der Waals surface area (Å²) in [7, 11) is 0. The third kappa shape index (κ3) is 7.26. The molecule has 0 aliphatic rings. The summed E-state index contributed by atoms with van der Waals surface area (Å²) < 4.78 is 0. The highest BCUT2D eigenvalue weighted by Crippen LogP contribution is 2.46. The second kappa shape index (κ2) is 16.7. The summed E-state index contributed by atoms with van der Waals surface area (Å²) in [5.41, 5.74) is 17.6. The van der Waals surface area contributed by atoms with Gasteiger partial charge < -0.3 is 4.90 Å². The van der Waals surface area contributed by atoms with Gasteiger partial charge in [-0.2, -0.15) is 0 Å². The van der Waals surface area contributed by atoms with E-state index >= 15 is 0 Å². The van der Waals surface area contributed by atoms with Gasteiger partial charge in [0.15, 0.2) is 0 Å². The molecule has 0 aliphatic carbocycles. The maximum atomic E-state index is 2.41. The van der Waals surface area contributed by atoms with E-state index in [4.69, 9.17) is 0 Å². The Morgan fingerprint density at radius 1 is 0.206 bits per heavy atom. The van der Waals surface area contributed by atoms with Crippen LogP contribution in [0.15, 0.2) is 261 Å². The molecule has 0 aromatic heterocycles. The van der Waals surface area contributed by atoms with Crippen molar-refractivity contribution in [1.82, 2.24) is 0 Å². The van der Waals surface area contributed by atoms with Gasteiger partial charge in [-0.25, -0.2) is 0 Å². The maximum Gasteiger partial charge on any atom is 0.0467 e. The van der Waals surface area contributed by atoms with Crippen molar-refractivity contribution in [1.29, 1.82) is 0 Å². The zero-order valence-electron chi connectivity index (χ0n) is 34.8. The first-order valence-electron chi connectivity index (χ1n) is 21.7. The molecule has 0 aliphatic heterocycles. The van der Waals surface area contributed by atoms with Crippen LogP contribution < -0.4 is 4.90 Å². The first kappa shape index (κ1) is 37.7. The van der Waals surface area contributed by atoms with Gasteiger partial charge in [0.25, 0.3) is 0 Å². The number of hydrogen-bond acceptors (Lipinski definition) is 1. The van der Waals surface area contributed by atoms with E-state index in [1.165, 1.54) is 82.7 Å². The molecule has 0 unspecified atom stereocenters. The Balaban J connectivity index is 1.10. The molecule has 63 heavy (non-hydrogen) atoms. The van der Waals surface area contributed by atoms with Crippen LogP contribution >= 0.6 is 0 Å². The van der Waals surface area contributed by atoms with E-state index in [1.807, 2.05) is 0 Å². The molecule has 1 nitrogen and oxygen atoms in total. The maximum absolute atomic E-state index is 2.41. The summed E-state index contributed by atoms with van der Waals surface area (Å²) in [6.45, 7) is 0. The normalized spacial score (nSPS) is 11.2. The molecule has 0 N–H and O–H groups in total. The molecule has 0 spiro atoms. The molecule has 0 atom stereocenters. The molecule has 11 aromatic rings. The highest BCUT2D eigenvalue weighted by Gasteiger charge is 2.20. The quantitative estimate of drug-likeness (QED) is 0.141. The van der Waals surface area contributed by atoms with Gasteiger partial charge in [-0.15, -0.1) is 0 Å². The molecule has 0 heterocycles. The first-order chi connectivity index (χ1) is 31.3. The molecule has 0 amide bonds. The molecule has 0 radical (unpaired) electrons. The molecule has 11 aromatic carbocycles. The first-order valence-corrected chi connectivity index (χ1v) is 21.7. The van der Waals surface area contributed by atoms with E-state index in [1.54, 1.807) is 0 Å². The number of nitrogens with zero attached hydrogens (tertiary/aromatic N) is 1. The molecule has 1 heteroatoms. The Hall–Kier alpha value is -8.26. The van der Waals surface area contributed by atoms with Gasteiger partial charge in [0, 0.05) is 17.1 Å². The minimum Gasteiger partial charge on any atom is -0.310 e. The monoisotopic (exact) mass is 801 g/mol. The van der Waals surface area contributed by atoms with Crippen molar-refractivity contribution in [3.8, 4) is 66.8 Å². The van der Waals surface area contributed by atoms with E-state index in [0.717, 1.165) is 22.6 Å². The van der Waals surface area contributed by atoms with Crippen molar-refractivity contribution in [3.05, 3.63) is 261 Å². The van der Waals surface area contributed by atoms with Crippen LogP contribution in [0.3, 0.4) is 0 Å². The van der Waals surface area contributed by atoms with Gasteiger partial charge in [0.1, 0.15) is 0 Å². The lowest BCUT2D eigenvalue weighted by Crippen LogP contribution is -2.10. The molecule has 296 valence electrons. The lowest BCUT2D eigenvalue weighted by molar-refractivity contribution is 1.28. The van der Waals surface area contributed by atoms with Crippen molar-refractivity contribution in [2.75, 3.05) is 4.90 Å². The summed E-state index contributed by atoms with van der Waals surface area (Å²) in [5, 5.41) is 4.97. The van der Waals surface area contributed by atoms with Crippen LogP contribution in [0.2, 0.25) is 0 Å². The fourth-order valence-electron chi connectivity index (χ4n) is 9.33. The Morgan fingerprint density at radius 3 is 1.17 bits per heavy atom. The van der Waals surface area contributed by atoms with Crippen molar-refractivity contribution in [2.45, 2.75) is 0 Å². The Kier molecular flexibility index (Phi) is 9.97. The summed E-state index contributed by atoms with van der Waals surface area (Å²) >= 11 is 0. The third-order valence-electron chi connectivity index (χ3n) is 12.3. The average Bonchev–Trinajstić information content (AvgIpc) is 3.37. The van der Waals surface area contributed by atoms with Gasteiger partial charge >= 0.3 is 0 Å². The van der Waals surface area contributed by atoms with E-state index < -0.39 is 0 Å². The summed E-state index contributed by atoms with van der Waals surface area (Å²) in [6.07, 6.45) is 0. The molecular weight excluding hydrogens is 759 g/mol. The van der Waals surface area contributed by atoms with Crippen LogP contribution in [0.1, 0.15) is 0 Å². The van der Waals surface area contributed by atoms with Crippen LogP contribution in [-0.2, 0) is 0 Å². The van der Waals surface area contributed by atoms with Gasteiger partial charge in [0.05, 0.1) is 0 Å². The standard InChI is InChI=1S/C62H43N/c1-3-18-44(19-4-1)57-32-11-12-33-61(57)62-59(47-20-5-2-6-21-47)36-17-37-60(62)50-27-14-29-53(43-50)63(51-40-38-48(39-41-51)56-34-15-24-45-22-7-9-30-54(45)56)52-28-13-26-49(42-52)58-35-16-25-46-23-8-10-31-55(46)58/h1-43H. The number of benzene rings is 11. The van der Waals surface area contributed by atoms with Crippen LogP contribution in [0.5, 0.6) is 0 Å². The van der Waals surface area contributed by atoms with Crippen LogP contribution in [0.25, 0.3) is 88.3 Å². The van der Waals surface area contributed by atoms with Crippen molar-refractivity contribution in [3.63, 3.8) is 0 Å². The minimum absolute atomic E-state index is 1.08. The van der Waals surface area contributed by atoms with Gasteiger partial charge in [0.2, 0.25) is 0 Å². The number of hydrogen-bond donors (Lipinski definition) is 0. The largest absolute Gasteiger partial charge is 0.310 e. The Morgan fingerprint density at radius 2 is 0.571 bits per heavy atom.